The van der Waals surface area contributed by atoms with Gasteiger partial charge in [-0.3, -0.25) is 4.79 Å². The van der Waals surface area contributed by atoms with Gasteiger partial charge in [0.2, 0.25) is 0 Å². The Labute approximate surface area is 96.3 Å². The van der Waals surface area contributed by atoms with Crippen molar-refractivity contribution in [2.24, 2.45) is 0 Å². The smallest absolute Gasteiger partial charge is 0.194 e. The van der Waals surface area contributed by atoms with Gasteiger partial charge >= 0.3 is 0 Å². The number of carbonyl (C=O) groups excluding carboxylic acids is 1. The number of hydrogen-bond donors (Lipinski definition) is 1. The topological polar surface area (TPSA) is 37.3 Å². The van der Waals surface area contributed by atoms with Crippen LogP contribution in [0.25, 0.3) is 0 Å². The van der Waals surface area contributed by atoms with Crippen LogP contribution in [0, 0.1) is 0 Å². The van der Waals surface area contributed by atoms with Crippen LogP contribution in [0.1, 0.15) is 48.5 Å². The van der Waals surface area contributed by atoms with Crippen molar-refractivity contribution in [3.05, 3.63) is 35.4 Å². The third kappa shape index (κ3) is 2.03. The van der Waals surface area contributed by atoms with Gasteiger partial charge in [0.1, 0.15) is 5.60 Å². The summed E-state index contributed by atoms with van der Waals surface area (Å²) in [6, 6.07) is 7.59. The number of carbonyl (C=O) groups is 1. The van der Waals surface area contributed by atoms with Crippen LogP contribution in [0.2, 0.25) is 0 Å². The molecule has 0 radical (unpaired) electrons. The van der Waals surface area contributed by atoms with E-state index in [-0.39, 0.29) is 5.78 Å². The summed E-state index contributed by atoms with van der Waals surface area (Å²) < 4.78 is 0. The lowest BCUT2D eigenvalue weighted by Crippen LogP contribution is -2.35. The van der Waals surface area contributed by atoms with Crippen molar-refractivity contribution in [1.29, 1.82) is 0 Å². The number of rotatable bonds is 3. The first-order chi connectivity index (χ1) is 7.65. The van der Waals surface area contributed by atoms with Gasteiger partial charge < -0.3 is 5.11 Å². The first-order valence-electron chi connectivity index (χ1n) is 6.02. The van der Waals surface area contributed by atoms with E-state index in [2.05, 4.69) is 6.92 Å². The zero-order valence-electron chi connectivity index (χ0n) is 9.70. The third-order valence-corrected chi connectivity index (χ3v) is 3.48. The summed E-state index contributed by atoms with van der Waals surface area (Å²) in [5.41, 5.74) is 0.768. The molecule has 0 heterocycles. The molecule has 0 atom stereocenters. The lowest BCUT2D eigenvalue weighted by atomic mass is 9.91. The maximum absolute atomic E-state index is 12.1. The van der Waals surface area contributed by atoms with Crippen molar-refractivity contribution in [3.8, 4) is 0 Å². The molecule has 0 unspecified atom stereocenters. The quantitative estimate of drug-likeness (QED) is 0.792. The minimum Gasteiger partial charge on any atom is -0.382 e. The molecule has 0 spiro atoms. The van der Waals surface area contributed by atoms with E-state index < -0.39 is 5.60 Å². The number of hydrogen-bond acceptors (Lipinski definition) is 2. The molecule has 0 amide bonds. The van der Waals surface area contributed by atoms with Crippen LogP contribution >= 0.6 is 0 Å². The van der Waals surface area contributed by atoms with Gasteiger partial charge in [-0.05, 0) is 37.7 Å². The molecule has 2 rings (SSSR count). The Kier molecular flexibility index (Phi) is 3.10. The number of aryl methyl sites for hydroxylation is 1. The highest BCUT2D eigenvalue weighted by Crippen LogP contribution is 2.32. The molecular weight excluding hydrogens is 200 g/mol. The fourth-order valence-electron chi connectivity index (χ4n) is 2.35. The number of Topliss-reactive ketones (excluding diaryl/α,β-unsaturated/α-hetero) is 1. The van der Waals surface area contributed by atoms with Crippen molar-refractivity contribution in [2.45, 2.75) is 44.6 Å². The van der Waals surface area contributed by atoms with E-state index in [4.69, 9.17) is 0 Å². The molecule has 86 valence electrons. The van der Waals surface area contributed by atoms with E-state index in [9.17, 15) is 9.90 Å². The predicted molar refractivity (Wildman–Crippen MR) is 63.6 cm³/mol. The van der Waals surface area contributed by atoms with Crippen LogP contribution in [0.15, 0.2) is 24.3 Å². The SMILES string of the molecule is CCc1ccc(C(=O)C2(O)CCCC2)cc1. The number of aliphatic hydroxyl groups is 1. The number of ketones is 1. The molecule has 0 bridgehead atoms. The third-order valence-electron chi connectivity index (χ3n) is 3.48. The van der Waals surface area contributed by atoms with Gasteiger partial charge in [0, 0.05) is 5.56 Å². The highest BCUT2D eigenvalue weighted by Gasteiger charge is 2.38. The second kappa shape index (κ2) is 4.38. The highest BCUT2D eigenvalue weighted by atomic mass is 16.3. The summed E-state index contributed by atoms with van der Waals surface area (Å²) in [6.07, 6.45) is 4.10. The van der Waals surface area contributed by atoms with E-state index >= 15 is 0 Å². The summed E-state index contributed by atoms with van der Waals surface area (Å²) in [5, 5.41) is 10.2. The molecule has 1 aromatic carbocycles. The normalized spacial score (nSPS) is 18.6. The summed E-state index contributed by atoms with van der Waals surface area (Å²) in [7, 11) is 0. The molecular formula is C14H18O2. The molecule has 1 aromatic rings. The van der Waals surface area contributed by atoms with Crippen molar-refractivity contribution in [2.75, 3.05) is 0 Å². The van der Waals surface area contributed by atoms with Gasteiger partial charge in [-0.25, -0.2) is 0 Å². The first kappa shape index (κ1) is 11.3. The molecule has 1 saturated carbocycles. The maximum atomic E-state index is 12.1. The molecule has 1 N–H and O–H groups in total. The van der Waals surface area contributed by atoms with Crippen LogP contribution in [0.4, 0.5) is 0 Å². The Morgan fingerprint density at radius 3 is 2.31 bits per heavy atom. The Morgan fingerprint density at radius 1 is 1.25 bits per heavy atom. The summed E-state index contributed by atoms with van der Waals surface area (Å²) in [6.45, 7) is 2.08. The predicted octanol–water partition coefficient (Wildman–Crippen LogP) is 2.74. The lowest BCUT2D eigenvalue weighted by molar-refractivity contribution is 0.0353. The Balaban J connectivity index is 2.20. The zero-order valence-corrected chi connectivity index (χ0v) is 9.70. The standard InChI is InChI=1S/C14H18O2/c1-2-11-5-7-12(8-6-11)13(15)14(16)9-3-4-10-14/h5-8,16H,2-4,9-10H2,1H3. The van der Waals surface area contributed by atoms with Crippen molar-refractivity contribution in [3.63, 3.8) is 0 Å². The van der Waals surface area contributed by atoms with Crippen molar-refractivity contribution >= 4 is 5.78 Å². The van der Waals surface area contributed by atoms with Gasteiger partial charge in [-0.15, -0.1) is 0 Å². The van der Waals surface area contributed by atoms with Crippen LogP contribution < -0.4 is 0 Å². The highest BCUT2D eigenvalue weighted by molar-refractivity contribution is 6.02. The van der Waals surface area contributed by atoms with E-state index in [1.165, 1.54) is 5.56 Å². The summed E-state index contributed by atoms with van der Waals surface area (Å²) in [5.74, 6) is -0.104. The lowest BCUT2D eigenvalue weighted by Gasteiger charge is -2.20. The van der Waals surface area contributed by atoms with Crippen LogP contribution in [0.3, 0.4) is 0 Å². The Hall–Kier alpha value is -1.15. The minimum absolute atomic E-state index is 0.104. The van der Waals surface area contributed by atoms with E-state index in [1.54, 1.807) is 0 Å². The molecule has 2 nitrogen and oxygen atoms in total. The summed E-state index contributed by atoms with van der Waals surface area (Å²) in [4.78, 5) is 12.1. The van der Waals surface area contributed by atoms with E-state index in [1.807, 2.05) is 24.3 Å². The maximum Gasteiger partial charge on any atom is 0.194 e. The van der Waals surface area contributed by atoms with Gasteiger partial charge in [-0.2, -0.15) is 0 Å². The second-order valence-corrected chi connectivity index (χ2v) is 4.62. The molecule has 0 aliphatic heterocycles. The zero-order chi connectivity index (χ0) is 11.6. The van der Waals surface area contributed by atoms with E-state index in [0.29, 0.717) is 18.4 Å². The van der Waals surface area contributed by atoms with Crippen molar-refractivity contribution < 1.29 is 9.90 Å². The largest absolute Gasteiger partial charge is 0.382 e. The molecule has 2 heteroatoms. The van der Waals surface area contributed by atoms with Gasteiger partial charge in [0.25, 0.3) is 0 Å². The summed E-state index contributed by atoms with van der Waals surface area (Å²) >= 11 is 0. The monoisotopic (exact) mass is 218 g/mol. The van der Waals surface area contributed by atoms with Crippen molar-refractivity contribution in [1.82, 2.24) is 0 Å². The average molecular weight is 218 g/mol. The fraction of sp³-hybridized carbons (Fsp3) is 0.500. The molecule has 1 aliphatic rings. The fourth-order valence-corrected chi connectivity index (χ4v) is 2.35. The van der Waals surface area contributed by atoms with Gasteiger partial charge in [0.05, 0.1) is 0 Å². The first-order valence-corrected chi connectivity index (χ1v) is 6.02. The molecule has 16 heavy (non-hydrogen) atoms. The minimum atomic E-state index is -1.09. The Morgan fingerprint density at radius 2 is 1.81 bits per heavy atom. The van der Waals surface area contributed by atoms with Gasteiger partial charge in [-0.1, -0.05) is 31.2 Å². The van der Waals surface area contributed by atoms with Gasteiger partial charge in [0.15, 0.2) is 5.78 Å². The molecule has 0 aromatic heterocycles. The van der Waals surface area contributed by atoms with Crippen LogP contribution in [0.5, 0.6) is 0 Å². The average Bonchev–Trinajstić information content (AvgIpc) is 2.77. The molecule has 0 saturated heterocycles. The molecule has 1 aliphatic carbocycles. The number of benzene rings is 1. The van der Waals surface area contributed by atoms with Crippen LogP contribution in [-0.4, -0.2) is 16.5 Å². The van der Waals surface area contributed by atoms with Crippen LogP contribution in [-0.2, 0) is 6.42 Å². The van der Waals surface area contributed by atoms with E-state index in [0.717, 1.165) is 19.3 Å². The Bertz CT molecular complexity index is 372. The second-order valence-electron chi connectivity index (χ2n) is 4.62. The molecule has 1 fully saturated rings.